The smallest absolute Gasteiger partial charge is 0.333 e. The van der Waals surface area contributed by atoms with Crippen molar-refractivity contribution in [1.29, 1.82) is 0 Å². The third kappa shape index (κ3) is 10.2. The van der Waals surface area contributed by atoms with Crippen LogP contribution in [0.2, 0.25) is 0 Å². The SMILES string of the molecule is C=C(C)C(=O)OCC(OC=CCCC)OC=CCCC. The molecule has 0 rings (SSSR count). The van der Waals surface area contributed by atoms with Crippen LogP contribution in [0, 0.1) is 0 Å². The highest BCUT2D eigenvalue weighted by molar-refractivity contribution is 5.86. The zero-order valence-electron chi connectivity index (χ0n) is 12.8. The van der Waals surface area contributed by atoms with Crippen molar-refractivity contribution in [3.8, 4) is 0 Å². The van der Waals surface area contributed by atoms with Crippen LogP contribution >= 0.6 is 0 Å². The molecule has 4 heteroatoms. The molecule has 0 aliphatic rings. The number of allylic oxidation sites excluding steroid dienone is 2. The number of hydrogen-bond acceptors (Lipinski definition) is 4. The molecule has 0 heterocycles. The van der Waals surface area contributed by atoms with Gasteiger partial charge in [-0.2, -0.15) is 0 Å². The molecule has 0 aromatic carbocycles. The van der Waals surface area contributed by atoms with Crippen LogP contribution in [0.3, 0.4) is 0 Å². The minimum absolute atomic E-state index is 0.0264. The lowest BCUT2D eigenvalue weighted by Crippen LogP contribution is -2.22. The van der Waals surface area contributed by atoms with E-state index in [-0.39, 0.29) is 6.61 Å². The van der Waals surface area contributed by atoms with Crippen LogP contribution in [-0.4, -0.2) is 18.9 Å². The predicted octanol–water partition coefficient (Wildman–Crippen LogP) is 4.09. The normalized spacial score (nSPS) is 12.6. The Bertz CT molecular complexity index is 313. The molecular weight excluding hydrogens is 256 g/mol. The van der Waals surface area contributed by atoms with Crippen molar-refractivity contribution < 1.29 is 19.0 Å². The minimum atomic E-state index is -0.639. The van der Waals surface area contributed by atoms with Crippen LogP contribution in [0.4, 0.5) is 0 Å². The van der Waals surface area contributed by atoms with Crippen molar-refractivity contribution >= 4 is 5.97 Å². The summed E-state index contributed by atoms with van der Waals surface area (Å²) in [5, 5.41) is 0. The van der Waals surface area contributed by atoms with E-state index in [1.54, 1.807) is 19.4 Å². The van der Waals surface area contributed by atoms with Crippen molar-refractivity contribution in [3.05, 3.63) is 36.8 Å². The summed E-state index contributed by atoms with van der Waals surface area (Å²) in [6, 6.07) is 0. The van der Waals surface area contributed by atoms with E-state index in [9.17, 15) is 4.79 Å². The lowest BCUT2D eigenvalue weighted by Gasteiger charge is -2.16. The predicted molar refractivity (Wildman–Crippen MR) is 79.8 cm³/mol. The number of ether oxygens (including phenoxy) is 3. The highest BCUT2D eigenvalue weighted by Gasteiger charge is 2.12. The van der Waals surface area contributed by atoms with E-state index in [0.29, 0.717) is 5.57 Å². The second-order valence-corrected chi connectivity index (χ2v) is 4.40. The molecule has 0 amide bonds. The molecule has 0 saturated carbocycles. The molecule has 114 valence electrons. The Kier molecular flexibility index (Phi) is 11.3. The summed E-state index contributed by atoms with van der Waals surface area (Å²) in [7, 11) is 0. The van der Waals surface area contributed by atoms with Gasteiger partial charge in [0.2, 0.25) is 0 Å². The minimum Gasteiger partial charge on any atom is -0.459 e. The molecule has 4 nitrogen and oxygen atoms in total. The molecule has 0 radical (unpaired) electrons. The Hall–Kier alpha value is -1.71. The highest BCUT2D eigenvalue weighted by Crippen LogP contribution is 2.03. The molecule has 0 fully saturated rings. The van der Waals surface area contributed by atoms with Gasteiger partial charge in [0.15, 0.2) is 6.61 Å². The van der Waals surface area contributed by atoms with Crippen molar-refractivity contribution in [2.45, 2.75) is 52.7 Å². The van der Waals surface area contributed by atoms with E-state index in [1.807, 2.05) is 12.2 Å². The number of rotatable bonds is 11. The van der Waals surface area contributed by atoms with Crippen LogP contribution in [-0.2, 0) is 19.0 Å². The monoisotopic (exact) mass is 282 g/mol. The molecular formula is C16H26O4. The quantitative estimate of drug-likeness (QED) is 0.248. The van der Waals surface area contributed by atoms with Gasteiger partial charge in [-0.15, -0.1) is 0 Å². The molecule has 0 atom stereocenters. The summed E-state index contributed by atoms with van der Waals surface area (Å²) < 4.78 is 15.8. The first-order valence-electron chi connectivity index (χ1n) is 7.05. The van der Waals surface area contributed by atoms with Crippen LogP contribution in [0.1, 0.15) is 46.5 Å². The van der Waals surface area contributed by atoms with E-state index >= 15 is 0 Å². The van der Waals surface area contributed by atoms with Gasteiger partial charge in [0, 0.05) is 5.57 Å². The van der Waals surface area contributed by atoms with Gasteiger partial charge >= 0.3 is 5.97 Å². The van der Waals surface area contributed by atoms with E-state index < -0.39 is 12.3 Å². The number of carbonyl (C=O) groups excluding carboxylic acids is 1. The van der Waals surface area contributed by atoms with E-state index in [0.717, 1.165) is 25.7 Å². The molecule has 0 aliphatic carbocycles. The standard InChI is InChI=1S/C16H26O4/c1-5-7-9-11-18-15(19-12-10-8-6-2)13-20-16(17)14(3)4/h9-12,15H,3,5-8,13H2,1-2,4H3. The fourth-order valence-corrected chi connectivity index (χ4v) is 1.13. The molecule has 0 bridgehead atoms. The van der Waals surface area contributed by atoms with Gasteiger partial charge in [0.1, 0.15) is 0 Å². The van der Waals surface area contributed by atoms with Gasteiger partial charge in [-0.25, -0.2) is 4.79 Å². The maximum absolute atomic E-state index is 11.3. The van der Waals surface area contributed by atoms with Crippen LogP contribution in [0.15, 0.2) is 36.8 Å². The zero-order chi connectivity index (χ0) is 15.2. The zero-order valence-corrected chi connectivity index (χ0v) is 12.8. The first-order valence-corrected chi connectivity index (χ1v) is 7.05. The molecule has 0 saturated heterocycles. The van der Waals surface area contributed by atoms with Gasteiger partial charge in [-0.3, -0.25) is 0 Å². The van der Waals surface area contributed by atoms with Crippen LogP contribution in [0.25, 0.3) is 0 Å². The number of carbonyl (C=O) groups is 1. The Morgan fingerprint density at radius 1 is 1.10 bits per heavy atom. The van der Waals surface area contributed by atoms with Crippen molar-refractivity contribution in [1.82, 2.24) is 0 Å². The Labute approximate surface area is 122 Å². The van der Waals surface area contributed by atoms with E-state index in [2.05, 4.69) is 20.4 Å². The van der Waals surface area contributed by atoms with Gasteiger partial charge in [-0.05, 0) is 31.9 Å². The van der Waals surface area contributed by atoms with Crippen molar-refractivity contribution in [2.24, 2.45) is 0 Å². The van der Waals surface area contributed by atoms with Gasteiger partial charge in [0.25, 0.3) is 6.29 Å². The average Bonchev–Trinajstić information content (AvgIpc) is 2.43. The number of unbranched alkanes of at least 4 members (excludes halogenated alkanes) is 2. The van der Waals surface area contributed by atoms with Crippen molar-refractivity contribution in [3.63, 3.8) is 0 Å². The highest BCUT2D eigenvalue weighted by atomic mass is 16.7. The topological polar surface area (TPSA) is 44.8 Å². The lowest BCUT2D eigenvalue weighted by molar-refractivity contribution is -0.153. The second kappa shape index (κ2) is 12.3. The molecule has 0 N–H and O–H groups in total. The lowest BCUT2D eigenvalue weighted by atomic mass is 10.3. The van der Waals surface area contributed by atoms with Crippen molar-refractivity contribution in [2.75, 3.05) is 6.61 Å². The summed E-state index contributed by atoms with van der Waals surface area (Å²) in [4.78, 5) is 11.3. The maximum atomic E-state index is 11.3. The molecule has 0 aromatic heterocycles. The fraction of sp³-hybridized carbons (Fsp3) is 0.562. The second-order valence-electron chi connectivity index (χ2n) is 4.40. The average molecular weight is 282 g/mol. The van der Waals surface area contributed by atoms with Gasteiger partial charge in [-0.1, -0.05) is 33.3 Å². The summed E-state index contributed by atoms with van der Waals surface area (Å²) in [6.45, 7) is 9.31. The van der Waals surface area contributed by atoms with E-state index in [4.69, 9.17) is 14.2 Å². The Balaban J connectivity index is 4.22. The largest absolute Gasteiger partial charge is 0.459 e. The summed E-state index contributed by atoms with van der Waals surface area (Å²) in [5.74, 6) is -0.447. The third-order valence-corrected chi connectivity index (χ3v) is 2.26. The summed E-state index contributed by atoms with van der Waals surface area (Å²) >= 11 is 0. The summed E-state index contributed by atoms with van der Waals surface area (Å²) in [6.07, 6.45) is 10.3. The fourth-order valence-electron chi connectivity index (χ4n) is 1.13. The molecule has 0 aliphatic heterocycles. The maximum Gasteiger partial charge on any atom is 0.333 e. The molecule has 0 spiro atoms. The molecule has 0 aromatic rings. The first-order chi connectivity index (χ1) is 9.61. The summed E-state index contributed by atoms with van der Waals surface area (Å²) in [5.41, 5.74) is 0.354. The third-order valence-electron chi connectivity index (χ3n) is 2.26. The first kappa shape index (κ1) is 18.3. The molecule has 20 heavy (non-hydrogen) atoms. The van der Waals surface area contributed by atoms with Crippen LogP contribution in [0.5, 0.6) is 0 Å². The van der Waals surface area contributed by atoms with Crippen LogP contribution < -0.4 is 0 Å². The molecule has 0 unspecified atom stereocenters. The van der Waals surface area contributed by atoms with Gasteiger partial charge < -0.3 is 14.2 Å². The van der Waals surface area contributed by atoms with E-state index in [1.165, 1.54) is 0 Å². The Morgan fingerprint density at radius 3 is 2.00 bits per heavy atom. The number of hydrogen-bond donors (Lipinski definition) is 0. The van der Waals surface area contributed by atoms with Gasteiger partial charge in [0.05, 0.1) is 12.5 Å². The number of esters is 1. The Morgan fingerprint density at radius 2 is 1.60 bits per heavy atom.